The van der Waals surface area contributed by atoms with Crippen molar-refractivity contribution in [3.8, 4) is 22.3 Å². The number of benzene rings is 2. The van der Waals surface area contributed by atoms with Gasteiger partial charge in [0.05, 0.1) is 0 Å². The first-order valence-corrected chi connectivity index (χ1v) is 6.61. The SMILES string of the molecule is C=Cc1cccc(-c2ccccc2-c2cccnc2)c1. The molecule has 0 amide bonds. The average Bonchev–Trinajstić information content (AvgIpc) is 2.56. The van der Waals surface area contributed by atoms with E-state index in [-0.39, 0.29) is 0 Å². The molecule has 0 saturated heterocycles. The quantitative estimate of drug-likeness (QED) is 0.639. The Bertz CT molecular complexity index is 730. The van der Waals surface area contributed by atoms with E-state index in [1.165, 1.54) is 16.7 Å². The maximum atomic E-state index is 4.21. The van der Waals surface area contributed by atoms with Crippen LogP contribution in [0.1, 0.15) is 5.56 Å². The van der Waals surface area contributed by atoms with Crippen molar-refractivity contribution in [3.63, 3.8) is 0 Å². The van der Waals surface area contributed by atoms with Gasteiger partial charge in [-0.1, -0.05) is 61.2 Å². The van der Waals surface area contributed by atoms with Crippen molar-refractivity contribution in [2.24, 2.45) is 0 Å². The first kappa shape index (κ1) is 12.4. The second kappa shape index (κ2) is 5.54. The fraction of sp³-hybridized carbons (Fsp3) is 0. The van der Waals surface area contributed by atoms with E-state index >= 15 is 0 Å². The summed E-state index contributed by atoms with van der Waals surface area (Å²) in [5.74, 6) is 0. The highest BCUT2D eigenvalue weighted by molar-refractivity contribution is 5.83. The molecule has 0 bridgehead atoms. The molecular formula is C19H15N. The molecule has 0 aliphatic rings. The molecule has 3 rings (SSSR count). The predicted molar refractivity (Wildman–Crippen MR) is 85.2 cm³/mol. The van der Waals surface area contributed by atoms with Gasteiger partial charge in [-0.2, -0.15) is 0 Å². The number of aromatic nitrogens is 1. The first-order valence-electron chi connectivity index (χ1n) is 6.61. The molecule has 1 heterocycles. The van der Waals surface area contributed by atoms with Crippen LogP contribution in [0.5, 0.6) is 0 Å². The zero-order valence-electron chi connectivity index (χ0n) is 11.2. The summed E-state index contributed by atoms with van der Waals surface area (Å²) in [4.78, 5) is 4.21. The van der Waals surface area contributed by atoms with Gasteiger partial charge in [-0.25, -0.2) is 0 Å². The van der Waals surface area contributed by atoms with Gasteiger partial charge >= 0.3 is 0 Å². The molecule has 20 heavy (non-hydrogen) atoms. The summed E-state index contributed by atoms with van der Waals surface area (Å²) in [6, 6.07) is 20.9. The van der Waals surface area contributed by atoms with Gasteiger partial charge in [-0.15, -0.1) is 0 Å². The number of rotatable bonds is 3. The van der Waals surface area contributed by atoms with Crippen molar-refractivity contribution in [2.45, 2.75) is 0 Å². The van der Waals surface area contributed by atoms with E-state index in [2.05, 4.69) is 66.2 Å². The van der Waals surface area contributed by atoms with E-state index in [1.54, 1.807) is 6.20 Å². The highest BCUT2D eigenvalue weighted by Gasteiger charge is 2.06. The third-order valence-corrected chi connectivity index (χ3v) is 3.33. The van der Waals surface area contributed by atoms with Gasteiger partial charge in [0, 0.05) is 18.0 Å². The van der Waals surface area contributed by atoms with Gasteiger partial charge < -0.3 is 0 Å². The second-order valence-electron chi connectivity index (χ2n) is 4.62. The van der Waals surface area contributed by atoms with Crippen molar-refractivity contribution in [1.29, 1.82) is 0 Å². The zero-order chi connectivity index (χ0) is 13.8. The second-order valence-corrected chi connectivity index (χ2v) is 4.62. The van der Waals surface area contributed by atoms with Crippen LogP contribution in [0.4, 0.5) is 0 Å². The Kier molecular flexibility index (Phi) is 3.42. The Hall–Kier alpha value is -2.67. The lowest BCUT2D eigenvalue weighted by Gasteiger charge is -2.10. The fourth-order valence-electron chi connectivity index (χ4n) is 2.34. The van der Waals surface area contributed by atoms with Gasteiger partial charge in [-0.3, -0.25) is 4.98 Å². The lowest BCUT2D eigenvalue weighted by atomic mass is 9.94. The largest absolute Gasteiger partial charge is 0.264 e. The van der Waals surface area contributed by atoms with Crippen molar-refractivity contribution in [3.05, 3.63) is 85.2 Å². The maximum absolute atomic E-state index is 4.21. The summed E-state index contributed by atoms with van der Waals surface area (Å²) in [5, 5.41) is 0. The van der Waals surface area contributed by atoms with Gasteiger partial charge in [0.15, 0.2) is 0 Å². The zero-order valence-corrected chi connectivity index (χ0v) is 11.2. The van der Waals surface area contributed by atoms with Crippen molar-refractivity contribution in [2.75, 3.05) is 0 Å². The highest BCUT2D eigenvalue weighted by atomic mass is 14.6. The highest BCUT2D eigenvalue weighted by Crippen LogP contribution is 2.31. The maximum Gasteiger partial charge on any atom is 0.0346 e. The predicted octanol–water partition coefficient (Wildman–Crippen LogP) is 5.06. The van der Waals surface area contributed by atoms with Crippen LogP contribution >= 0.6 is 0 Å². The van der Waals surface area contributed by atoms with Crippen LogP contribution < -0.4 is 0 Å². The third-order valence-electron chi connectivity index (χ3n) is 3.33. The van der Waals surface area contributed by atoms with Crippen LogP contribution in [0, 0.1) is 0 Å². The van der Waals surface area contributed by atoms with Crippen LogP contribution in [-0.2, 0) is 0 Å². The van der Waals surface area contributed by atoms with Crippen LogP contribution in [-0.4, -0.2) is 4.98 Å². The van der Waals surface area contributed by atoms with E-state index < -0.39 is 0 Å². The van der Waals surface area contributed by atoms with Crippen LogP contribution in [0.25, 0.3) is 28.3 Å². The summed E-state index contributed by atoms with van der Waals surface area (Å²) in [5.41, 5.74) is 5.86. The van der Waals surface area contributed by atoms with Gasteiger partial charge in [-0.05, 0) is 34.4 Å². The molecule has 0 fully saturated rings. The van der Waals surface area contributed by atoms with Crippen molar-refractivity contribution in [1.82, 2.24) is 4.98 Å². The minimum atomic E-state index is 1.13. The lowest BCUT2D eigenvalue weighted by molar-refractivity contribution is 1.33. The molecule has 0 aliphatic carbocycles. The Labute approximate surface area is 119 Å². The van der Waals surface area contributed by atoms with E-state index in [4.69, 9.17) is 0 Å². The molecule has 1 aromatic heterocycles. The molecule has 0 atom stereocenters. The van der Waals surface area contributed by atoms with Gasteiger partial charge in [0.25, 0.3) is 0 Å². The van der Waals surface area contributed by atoms with Crippen molar-refractivity contribution < 1.29 is 0 Å². The monoisotopic (exact) mass is 257 g/mol. The smallest absolute Gasteiger partial charge is 0.0346 e. The molecule has 96 valence electrons. The summed E-state index contributed by atoms with van der Waals surface area (Å²) >= 11 is 0. The summed E-state index contributed by atoms with van der Waals surface area (Å²) in [7, 11) is 0. The number of hydrogen-bond acceptors (Lipinski definition) is 1. The van der Waals surface area contributed by atoms with E-state index in [0.29, 0.717) is 0 Å². The summed E-state index contributed by atoms with van der Waals surface area (Å²) in [6.45, 7) is 3.84. The van der Waals surface area contributed by atoms with Crippen molar-refractivity contribution >= 4 is 6.08 Å². The molecule has 1 nitrogen and oxygen atoms in total. The van der Waals surface area contributed by atoms with Crippen LogP contribution in [0.15, 0.2) is 79.6 Å². The Balaban J connectivity index is 2.17. The number of nitrogens with zero attached hydrogens (tertiary/aromatic N) is 1. The molecule has 0 aliphatic heterocycles. The molecule has 3 aromatic rings. The molecule has 0 saturated carbocycles. The number of pyridine rings is 1. The van der Waals surface area contributed by atoms with Crippen LogP contribution in [0.3, 0.4) is 0 Å². The molecule has 0 spiro atoms. The number of hydrogen-bond donors (Lipinski definition) is 0. The standard InChI is InChI=1S/C19H15N/c1-2-15-7-5-8-16(13-15)18-10-3-4-11-19(18)17-9-6-12-20-14-17/h2-14H,1H2. The van der Waals surface area contributed by atoms with Crippen LogP contribution in [0.2, 0.25) is 0 Å². The van der Waals surface area contributed by atoms with E-state index in [9.17, 15) is 0 Å². The molecule has 0 radical (unpaired) electrons. The van der Waals surface area contributed by atoms with Gasteiger partial charge in [0.1, 0.15) is 0 Å². The average molecular weight is 257 g/mol. The van der Waals surface area contributed by atoms with E-state index in [0.717, 1.165) is 11.1 Å². The minimum absolute atomic E-state index is 1.13. The summed E-state index contributed by atoms with van der Waals surface area (Å²) < 4.78 is 0. The Morgan fingerprint density at radius 3 is 2.25 bits per heavy atom. The lowest BCUT2D eigenvalue weighted by Crippen LogP contribution is -1.86. The molecule has 0 N–H and O–H groups in total. The summed E-state index contributed by atoms with van der Waals surface area (Å²) in [6.07, 6.45) is 5.57. The topological polar surface area (TPSA) is 12.9 Å². The third kappa shape index (κ3) is 2.39. The fourth-order valence-corrected chi connectivity index (χ4v) is 2.34. The Morgan fingerprint density at radius 2 is 1.55 bits per heavy atom. The molecule has 2 aromatic carbocycles. The Morgan fingerprint density at radius 1 is 0.800 bits per heavy atom. The molecular weight excluding hydrogens is 242 g/mol. The molecule has 1 heteroatoms. The van der Waals surface area contributed by atoms with E-state index in [1.807, 2.05) is 18.3 Å². The first-order chi connectivity index (χ1) is 9.88. The normalized spacial score (nSPS) is 10.2. The molecule has 0 unspecified atom stereocenters. The minimum Gasteiger partial charge on any atom is -0.264 e. The van der Waals surface area contributed by atoms with Gasteiger partial charge in [0.2, 0.25) is 0 Å².